The Bertz CT molecular complexity index is 412. The molecule has 1 rings (SSSR count). The first-order chi connectivity index (χ1) is 8.93. The van der Waals surface area contributed by atoms with Crippen molar-refractivity contribution in [3.05, 3.63) is 0 Å². The molecule has 7 nitrogen and oxygen atoms in total. The second kappa shape index (κ2) is 6.64. The van der Waals surface area contributed by atoms with E-state index in [-0.39, 0.29) is 6.54 Å². The average molecular weight is 267 g/mol. The standard InChI is InChI=1S/C12H17N3O4/c1-2-5-15(7-8-3-4-8)12(19)14-9(11(17)18)6-10(13)16/h1,8-9H,3-7H2,(H2,13,16)(H,14,19)(H,17,18)/t9-/m0/s1. The van der Waals surface area contributed by atoms with E-state index in [9.17, 15) is 14.4 Å². The minimum Gasteiger partial charge on any atom is -0.480 e. The molecule has 1 aliphatic rings. The van der Waals surface area contributed by atoms with Crippen molar-refractivity contribution in [3.63, 3.8) is 0 Å². The van der Waals surface area contributed by atoms with Crippen LogP contribution in [0.5, 0.6) is 0 Å². The molecule has 1 aliphatic carbocycles. The number of amides is 3. The van der Waals surface area contributed by atoms with Gasteiger partial charge in [0.1, 0.15) is 6.04 Å². The lowest BCUT2D eigenvalue weighted by molar-refractivity contribution is -0.140. The zero-order valence-electron chi connectivity index (χ0n) is 10.5. The van der Waals surface area contributed by atoms with Crippen LogP contribution in [0.2, 0.25) is 0 Å². The molecular formula is C12H17N3O4. The Labute approximate surface area is 111 Å². The van der Waals surface area contributed by atoms with E-state index in [1.54, 1.807) is 0 Å². The molecular weight excluding hydrogens is 250 g/mol. The zero-order chi connectivity index (χ0) is 14.4. The number of terminal acetylenes is 1. The van der Waals surface area contributed by atoms with Crippen molar-refractivity contribution in [2.75, 3.05) is 13.1 Å². The molecule has 0 aromatic heterocycles. The second-order valence-corrected chi connectivity index (χ2v) is 4.54. The van der Waals surface area contributed by atoms with E-state index in [0.717, 1.165) is 12.8 Å². The molecule has 0 bridgehead atoms. The molecule has 1 saturated carbocycles. The van der Waals surface area contributed by atoms with Crippen LogP contribution in [0.1, 0.15) is 19.3 Å². The SMILES string of the molecule is C#CCN(CC1CC1)C(=O)N[C@@H](CC(N)=O)C(=O)O. The lowest BCUT2D eigenvalue weighted by Gasteiger charge is -2.23. The Morgan fingerprint density at radius 1 is 1.47 bits per heavy atom. The Morgan fingerprint density at radius 2 is 2.11 bits per heavy atom. The molecule has 1 fully saturated rings. The lowest BCUT2D eigenvalue weighted by Crippen LogP contribution is -2.49. The van der Waals surface area contributed by atoms with E-state index in [2.05, 4.69) is 11.2 Å². The normalized spacial score (nSPS) is 15.1. The maximum absolute atomic E-state index is 11.9. The molecule has 0 aromatic rings. The topological polar surface area (TPSA) is 113 Å². The van der Waals surface area contributed by atoms with E-state index in [1.807, 2.05) is 0 Å². The molecule has 1 atom stereocenters. The number of hydrogen-bond donors (Lipinski definition) is 3. The number of urea groups is 1. The van der Waals surface area contributed by atoms with Crippen LogP contribution in [0, 0.1) is 18.3 Å². The van der Waals surface area contributed by atoms with Crippen molar-refractivity contribution in [1.29, 1.82) is 0 Å². The van der Waals surface area contributed by atoms with Gasteiger partial charge in [-0.15, -0.1) is 6.42 Å². The number of carbonyl (C=O) groups excluding carboxylic acids is 2. The van der Waals surface area contributed by atoms with Gasteiger partial charge in [0, 0.05) is 6.54 Å². The van der Waals surface area contributed by atoms with E-state index < -0.39 is 30.4 Å². The molecule has 0 aliphatic heterocycles. The fourth-order valence-electron chi connectivity index (χ4n) is 1.58. The molecule has 0 unspecified atom stereocenters. The van der Waals surface area contributed by atoms with Crippen molar-refractivity contribution < 1.29 is 19.5 Å². The number of nitrogens with one attached hydrogen (secondary N) is 1. The van der Waals surface area contributed by atoms with Crippen molar-refractivity contribution in [2.24, 2.45) is 11.7 Å². The summed E-state index contributed by atoms with van der Waals surface area (Å²) in [6.45, 7) is 0.601. The first-order valence-corrected chi connectivity index (χ1v) is 5.94. The fourth-order valence-corrected chi connectivity index (χ4v) is 1.58. The number of primary amides is 1. The molecule has 7 heteroatoms. The monoisotopic (exact) mass is 267 g/mol. The third-order valence-corrected chi connectivity index (χ3v) is 2.75. The highest BCUT2D eigenvalue weighted by atomic mass is 16.4. The van der Waals surface area contributed by atoms with Crippen LogP contribution in [-0.4, -0.2) is 47.0 Å². The molecule has 4 N–H and O–H groups in total. The number of carboxylic acids is 1. The third-order valence-electron chi connectivity index (χ3n) is 2.75. The van der Waals surface area contributed by atoms with Gasteiger partial charge < -0.3 is 21.1 Å². The Kier molecular flexibility index (Phi) is 5.18. The first kappa shape index (κ1) is 14.8. The molecule has 0 radical (unpaired) electrons. The number of carboxylic acid groups (broad SMARTS) is 1. The quantitative estimate of drug-likeness (QED) is 0.533. The van der Waals surface area contributed by atoms with E-state index in [0.29, 0.717) is 12.5 Å². The van der Waals surface area contributed by atoms with Crippen LogP contribution < -0.4 is 11.1 Å². The highest BCUT2D eigenvalue weighted by Crippen LogP contribution is 2.29. The van der Waals surface area contributed by atoms with Crippen molar-refractivity contribution >= 4 is 17.9 Å². The Balaban J connectivity index is 2.58. The van der Waals surface area contributed by atoms with Crippen LogP contribution in [0.3, 0.4) is 0 Å². The van der Waals surface area contributed by atoms with E-state index >= 15 is 0 Å². The van der Waals surface area contributed by atoms with E-state index in [1.165, 1.54) is 4.90 Å². The first-order valence-electron chi connectivity index (χ1n) is 5.94. The number of aliphatic carboxylic acids is 1. The van der Waals surface area contributed by atoms with Gasteiger partial charge in [0.15, 0.2) is 0 Å². The number of rotatable bonds is 7. The van der Waals surface area contributed by atoms with Gasteiger partial charge in [-0.25, -0.2) is 9.59 Å². The highest BCUT2D eigenvalue weighted by molar-refractivity contribution is 5.87. The Morgan fingerprint density at radius 3 is 2.53 bits per heavy atom. The average Bonchev–Trinajstić information content (AvgIpc) is 3.10. The largest absolute Gasteiger partial charge is 0.480 e. The number of nitrogens with two attached hydrogens (primary N) is 1. The summed E-state index contributed by atoms with van der Waals surface area (Å²) in [6, 6.07) is -1.91. The maximum atomic E-state index is 11.9. The summed E-state index contributed by atoms with van der Waals surface area (Å²) in [7, 11) is 0. The zero-order valence-corrected chi connectivity index (χ0v) is 10.5. The van der Waals surface area contributed by atoms with E-state index in [4.69, 9.17) is 17.3 Å². The summed E-state index contributed by atoms with van der Waals surface area (Å²) in [4.78, 5) is 34.9. The van der Waals surface area contributed by atoms with Gasteiger partial charge in [-0.05, 0) is 18.8 Å². The molecule has 0 aromatic carbocycles. The van der Waals surface area contributed by atoms with Gasteiger partial charge in [-0.2, -0.15) is 0 Å². The summed E-state index contributed by atoms with van der Waals surface area (Å²) >= 11 is 0. The number of hydrogen-bond acceptors (Lipinski definition) is 3. The van der Waals surface area contributed by atoms with Gasteiger partial charge in [0.05, 0.1) is 13.0 Å². The molecule has 0 heterocycles. The number of nitrogens with zero attached hydrogens (tertiary/aromatic N) is 1. The van der Waals surface area contributed by atoms with Gasteiger partial charge in [-0.1, -0.05) is 5.92 Å². The maximum Gasteiger partial charge on any atom is 0.326 e. The molecule has 0 spiro atoms. The summed E-state index contributed by atoms with van der Waals surface area (Å²) in [6.07, 6.45) is 6.80. The van der Waals surface area contributed by atoms with Crippen molar-refractivity contribution in [3.8, 4) is 12.3 Å². The predicted molar refractivity (Wildman–Crippen MR) is 66.9 cm³/mol. The highest BCUT2D eigenvalue weighted by Gasteiger charge is 2.29. The summed E-state index contributed by atoms with van der Waals surface area (Å²) < 4.78 is 0. The third kappa shape index (κ3) is 5.29. The minimum atomic E-state index is -1.33. The van der Waals surface area contributed by atoms with Gasteiger partial charge in [-0.3, -0.25) is 4.79 Å². The number of carbonyl (C=O) groups is 3. The van der Waals surface area contributed by atoms with Crippen LogP contribution in [0.25, 0.3) is 0 Å². The molecule has 0 saturated heterocycles. The lowest BCUT2D eigenvalue weighted by atomic mass is 10.2. The predicted octanol–water partition coefficient (Wildman–Crippen LogP) is -0.630. The summed E-state index contributed by atoms with van der Waals surface area (Å²) in [5.74, 6) is 0.681. The van der Waals surface area contributed by atoms with Gasteiger partial charge in [0.2, 0.25) is 5.91 Å². The molecule has 104 valence electrons. The Hall–Kier alpha value is -2.23. The summed E-state index contributed by atoms with van der Waals surface area (Å²) in [5.41, 5.74) is 4.93. The van der Waals surface area contributed by atoms with Gasteiger partial charge >= 0.3 is 12.0 Å². The fraction of sp³-hybridized carbons (Fsp3) is 0.583. The molecule has 19 heavy (non-hydrogen) atoms. The second-order valence-electron chi connectivity index (χ2n) is 4.54. The van der Waals surface area contributed by atoms with Gasteiger partial charge in [0.25, 0.3) is 0 Å². The molecule has 3 amide bonds. The minimum absolute atomic E-state index is 0.102. The van der Waals surface area contributed by atoms with Crippen LogP contribution in [0.4, 0.5) is 4.79 Å². The summed E-state index contributed by atoms with van der Waals surface area (Å²) in [5, 5.41) is 11.2. The van der Waals surface area contributed by atoms with Crippen molar-refractivity contribution in [1.82, 2.24) is 10.2 Å². The van der Waals surface area contributed by atoms with Crippen LogP contribution in [0.15, 0.2) is 0 Å². The smallest absolute Gasteiger partial charge is 0.326 e. The van der Waals surface area contributed by atoms with Crippen molar-refractivity contribution in [2.45, 2.75) is 25.3 Å². The van der Waals surface area contributed by atoms with Crippen LogP contribution >= 0.6 is 0 Å². The van der Waals surface area contributed by atoms with Crippen LogP contribution in [-0.2, 0) is 9.59 Å².